The SMILES string of the molecule is [Ce].c1ccc(COCc2ccccc2)cc1. The third kappa shape index (κ3) is 4.74. The van der Waals surface area contributed by atoms with Gasteiger partial charge in [-0.1, -0.05) is 60.7 Å². The summed E-state index contributed by atoms with van der Waals surface area (Å²) in [6.07, 6.45) is 0. The van der Waals surface area contributed by atoms with Crippen LogP contribution < -0.4 is 0 Å². The Morgan fingerprint density at radius 2 is 1.00 bits per heavy atom. The molecule has 2 aromatic rings. The molecule has 0 amide bonds. The summed E-state index contributed by atoms with van der Waals surface area (Å²) in [6.45, 7) is 1.35. The summed E-state index contributed by atoms with van der Waals surface area (Å²) < 4.78 is 5.61. The van der Waals surface area contributed by atoms with Gasteiger partial charge in [-0.05, 0) is 11.1 Å². The summed E-state index contributed by atoms with van der Waals surface area (Å²) in [5.41, 5.74) is 2.43. The van der Waals surface area contributed by atoms with Crippen molar-refractivity contribution < 1.29 is 46.5 Å². The Morgan fingerprint density at radius 3 is 1.38 bits per heavy atom. The molecule has 0 saturated carbocycles. The molecule has 0 fully saturated rings. The maximum absolute atomic E-state index is 5.61. The molecular formula is C14H14CeO. The van der Waals surface area contributed by atoms with Crippen molar-refractivity contribution in [2.24, 2.45) is 0 Å². The molecule has 0 spiro atoms. The van der Waals surface area contributed by atoms with E-state index in [0.717, 1.165) is 0 Å². The van der Waals surface area contributed by atoms with Crippen molar-refractivity contribution in [2.45, 2.75) is 13.2 Å². The summed E-state index contributed by atoms with van der Waals surface area (Å²) in [7, 11) is 0. The van der Waals surface area contributed by atoms with Crippen LogP contribution in [0.1, 0.15) is 11.1 Å². The van der Waals surface area contributed by atoms with Gasteiger partial charge < -0.3 is 4.74 Å². The van der Waals surface area contributed by atoms with Gasteiger partial charge in [-0.25, -0.2) is 0 Å². The number of ether oxygens (including phenoxy) is 1. The fraction of sp³-hybridized carbons (Fsp3) is 0.143. The van der Waals surface area contributed by atoms with Crippen molar-refractivity contribution in [2.75, 3.05) is 0 Å². The molecule has 2 rings (SSSR count). The Labute approximate surface area is 130 Å². The molecule has 0 aliphatic rings. The third-order valence-electron chi connectivity index (χ3n) is 2.22. The van der Waals surface area contributed by atoms with E-state index in [1.165, 1.54) is 11.1 Å². The zero-order chi connectivity index (χ0) is 10.3. The average Bonchev–Trinajstić information content (AvgIpc) is 2.32. The normalized spacial score (nSPS) is 9.50. The van der Waals surface area contributed by atoms with Crippen molar-refractivity contribution in [1.29, 1.82) is 0 Å². The van der Waals surface area contributed by atoms with Crippen LogP contribution in [0.25, 0.3) is 0 Å². The van der Waals surface area contributed by atoms with Gasteiger partial charge in [0.1, 0.15) is 0 Å². The zero-order valence-corrected chi connectivity index (χ0v) is 12.2. The fourth-order valence-corrected chi connectivity index (χ4v) is 1.44. The Bertz CT molecular complexity index is 346. The molecule has 0 N–H and O–H groups in total. The van der Waals surface area contributed by atoms with Crippen LogP contribution in [-0.2, 0) is 18.0 Å². The molecule has 80 valence electrons. The van der Waals surface area contributed by atoms with Crippen molar-refractivity contribution in [1.82, 2.24) is 0 Å². The van der Waals surface area contributed by atoms with E-state index in [1.807, 2.05) is 36.4 Å². The fourth-order valence-electron chi connectivity index (χ4n) is 1.44. The molecule has 0 unspecified atom stereocenters. The van der Waals surface area contributed by atoms with E-state index >= 15 is 0 Å². The topological polar surface area (TPSA) is 9.23 Å². The first-order valence-electron chi connectivity index (χ1n) is 5.11. The molecule has 2 aromatic carbocycles. The van der Waals surface area contributed by atoms with E-state index in [4.69, 9.17) is 4.74 Å². The minimum Gasteiger partial charge on any atom is -0.372 e. The van der Waals surface area contributed by atoms with Gasteiger partial charge in [0.15, 0.2) is 0 Å². The molecule has 16 heavy (non-hydrogen) atoms. The first-order chi connectivity index (χ1) is 7.45. The van der Waals surface area contributed by atoms with Crippen LogP contribution in [-0.4, -0.2) is 0 Å². The van der Waals surface area contributed by atoms with Crippen molar-refractivity contribution in [3.05, 3.63) is 71.8 Å². The van der Waals surface area contributed by atoms with Crippen molar-refractivity contribution in [3.8, 4) is 0 Å². The van der Waals surface area contributed by atoms with E-state index < -0.39 is 0 Å². The van der Waals surface area contributed by atoms with E-state index in [2.05, 4.69) is 24.3 Å². The number of rotatable bonds is 4. The van der Waals surface area contributed by atoms with E-state index in [0.29, 0.717) is 13.2 Å². The molecule has 0 aliphatic heterocycles. The summed E-state index contributed by atoms with van der Waals surface area (Å²) in [5, 5.41) is 0. The van der Waals surface area contributed by atoms with Gasteiger partial charge in [-0.2, -0.15) is 0 Å². The second-order valence-electron chi connectivity index (χ2n) is 3.46. The van der Waals surface area contributed by atoms with Crippen LogP contribution in [0.5, 0.6) is 0 Å². The Kier molecular flexibility index (Phi) is 6.88. The molecule has 0 bridgehead atoms. The minimum atomic E-state index is 0. The minimum absolute atomic E-state index is 0. The van der Waals surface area contributed by atoms with Gasteiger partial charge in [0.2, 0.25) is 0 Å². The van der Waals surface area contributed by atoms with Crippen molar-refractivity contribution >= 4 is 0 Å². The maximum Gasteiger partial charge on any atom is 0.0721 e. The standard InChI is InChI=1S/C14H14O.Ce/c1-3-7-13(8-4-1)11-15-12-14-9-5-2-6-10-14;/h1-10H,11-12H2;. The number of benzene rings is 2. The summed E-state index contributed by atoms with van der Waals surface area (Å²) in [6, 6.07) is 20.4. The van der Waals surface area contributed by atoms with Gasteiger partial charge in [-0.15, -0.1) is 0 Å². The second-order valence-corrected chi connectivity index (χ2v) is 3.46. The molecule has 0 heterocycles. The third-order valence-corrected chi connectivity index (χ3v) is 2.22. The average molecular weight is 338 g/mol. The summed E-state index contributed by atoms with van der Waals surface area (Å²) >= 11 is 0. The maximum atomic E-state index is 5.61. The number of hydrogen-bond acceptors (Lipinski definition) is 1. The van der Waals surface area contributed by atoms with Crippen LogP contribution in [0.4, 0.5) is 0 Å². The van der Waals surface area contributed by atoms with Gasteiger partial charge in [0.05, 0.1) is 13.2 Å². The Hall–Kier alpha value is -0.223. The van der Waals surface area contributed by atoms with E-state index in [1.54, 1.807) is 0 Å². The molecule has 1 nitrogen and oxygen atoms in total. The number of hydrogen-bond donors (Lipinski definition) is 0. The molecule has 2 heteroatoms. The first-order valence-corrected chi connectivity index (χ1v) is 5.11. The molecule has 0 aliphatic carbocycles. The van der Waals surface area contributed by atoms with Crippen LogP contribution in [0.2, 0.25) is 0 Å². The zero-order valence-electron chi connectivity index (χ0n) is 9.10. The smallest absolute Gasteiger partial charge is 0.0721 e. The van der Waals surface area contributed by atoms with Crippen LogP contribution >= 0.6 is 0 Å². The monoisotopic (exact) mass is 338 g/mol. The largest absolute Gasteiger partial charge is 0.372 e. The van der Waals surface area contributed by atoms with E-state index in [-0.39, 0.29) is 41.7 Å². The first kappa shape index (κ1) is 13.8. The van der Waals surface area contributed by atoms with Gasteiger partial charge >= 0.3 is 0 Å². The molecule has 0 atom stereocenters. The van der Waals surface area contributed by atoms with E-state index in [9.17, 15) is 0 Å². The summed E-state index contributed by atoms with van der Waals surface area (Å²) in [4.78, 5) is 0. The van der Waals surface area contributed by atoms with Crippen LogP contribution in [0, 0.1) is 41.7 Å². The molecular weight excluding hydrogens is 324 g/mol. The predicted octanol–water partition coefficient (Wildman–Crippen LogP) is 3.40. The van der Waals surface area contributed by atoms with Crippen molar-refractivity contribution in [3.63, 3.8) is 0 Å². The van der Waals surface area contributed by atoms with Gasteiger partial charge in [0, 0.05) is 41.7 Å². The molecule has 0 radical (unpaired) electrons. The van der Waals surface area contributed by atoms with Crippen LogP contribution in [0.3, 0.4) is 0 Å². The quantitative estimate of drug-likeness (QED) is 0.830. The van der Waals surface area contributed by atoms with Crippen LogP contribution in [0.15, 0.2) is 60.7 Å². The Balaban J connectivity index is 0.00000128. The second kappa shape index (κ2) is 7.95. The van der Waals surface area contributed by atoms with Gasteiger partial charge in [0.25, 0.3) is 0 Å². The molecule has 0 saturated heterocycles. The molecule has 0 aromatic heterocycles. The predicted molar refractivity (Wildman–Crippen MR) is 61.4 cm³/mol. The Morgan fingerprint density at radius 1 is 0.625 bits per heavy atom. The summed E-state index contributed by atoms with van der Waals surface area (Å²) in [5.74, 6) is 0. The van der Waals surface area contributed by atoms with Gasteiger partial charge in [-0.3, -0.25) is 0 Å².